The predicted octanol–water partition coefficient (Wildman–Crippen LogP) is 2.32. The van der Waals surface area contributed by atoms with Crippen molar-refractivity contribution in [1.29, 1.82) is 0 Å². The second kappa shape index (κ2) is 4.96. The van der Waals surface area contributed by atoms with E-state index in [4.69, 9.17) is 5.11 Å². The zero-order chi connectivity index (χ0) is 13.4. The van der Waals surface area contributed by atoms with E-state index in [9.17, 15) is 9.59 Å². The second-order valence-electron chi connectivity index (χ2n) is 5.29. The monoisotopic (exact) mass is 279 g/mol. The number of aliphatic carboxylic acids is 1. The molecule has 3 rings (SSSR count). The fraction of sp³-hybridized carbons (Fsp3) is 0.571. The number of aryl methyl sites for hydroxylation is 2. The van der Waals surface area contributed by atoms with Gasteiger partial charge in [-0.15, -0.1) is 11.3 Å². The molecular formula is C14H17NO3S. The summed E-state index contributed by atoms with van der Waals surface area (Å²) in [5.41, 5.74) is 1.32. The number of carbonyl (C=O) groups excluding carboxylic acids is 1. The van der Waals surface area contributed by atoms with Crippen LogP contribution in [0, 0.1) is 0 Å². The lowest BCUT2D eigenvalue weighted by Crippen LogP contribution is -2.34. The van der Waals surface area contributed by atoms with Crippen LogP contribution < -0.4 is 0 Å². The Morgan fingerprint density at radius 1 is 1.37 bits per heavy atom. The van der Waals surface area contributed by atoms with E-state index in [2.05, 4.69) is 0 Å². The summed E-state index contributed by atoms with van der Waals surface area (Å²) in [6.45, 7) is 0.335. The molecule has 4 nitrogen and oxygen atoms in total. The molecule has 0 aliphatic heterocycles. The largest absolute Gasteiger partial charge is 0.481 e. The van der Waals surface area contributed by atoms with Crippen molar-refractivity contribution >= 4 is 23.2 Å². The van der Waals surface area contributed by atoms with Crippen molar-refractivity contribution in [3.63, 3.8) is 0 Å². The zero-order valence-electron chi connectivity index (χ0n) is 10.7. The lowest BCUT2D eigenvalue weighted by atomic mass is 10.2. The van der Waals surface area contributed by atoms with Gasteiger partial charge in [0.25, 0.3) is 5.91 Å². The minimum atomic E-state index is -0.841. The quantitative estimate of drug-likeness (QED) is 0.900. The molecule has 1 aromatic rings. The van der Waals surface area contributed by atoms with Gasteiger partial charge in [-0.25, -0.2) is 0 Å². The van der Waals surface area contributed by atoms with E-state index < -0.39 is 5.97 Å². The highest BCUT2D eigenvalue weighted by molar-refractivity contribution is 7.14. The van der Waals surface area contributed by atoms with Crippen molar-refractivity contribution in [2.45, 2.75) is 44.6 Å². The summed E-state index contributed by atoms with van der Waals surface area (Å²) < 4.78 is 0. The molecule has 0 aromatic carbocycles. The lowest BCUT2D eigenvalue weighted by molar-refractivity contribution is -0.137. The van der Waals surface area contributed by atoms with Gasteiger partial charge in [-0.05, 0) is 43.7 Å². The summed E-state index contributed by atoms with van der Waals surface area (Å²) in [6.07, 6.45) is 5.42. The molecule has 1 N–H and O–H groups in total. The fourth-order valence-corrected chi connectivity index (χ4v) is 3.84. The number of hydrogen-bond acceptors (Lipinski definition) is 3. The smallest absolute Gasteiger partial charge is 0.305 e. The Morgan fingerprint density at radius 2 is 2.16 bits per heavy atom. The Bertz CT molecular complexity index is 497. The van der Waals surface area contributed by atoms with Crippen LogP contribution in [0.25, 0.3) is 0 Å². The van der Waals surface area contributed by atoms with E-state index in [0.717, 1.165) is 30.6 Å². The summed E-state index contributed by atoms with van der Waals surface area (Å²) in [7, 11) is 0. The van der Waals surface area contributed by atoms with Crippen LogP contribution >= 0.6 is 11.3 Å². The summed E-state index contributed by atoms with van der Waals surface area (Å²) >= 11 is 1.60. The lowest BCUT2D eigenvalue weighted by Gasteiger charge is -2.20. The molecule has 0 bridgehead atoms. The number of amides is 1. The molecule has 1 saturated carbocycles. The van der Waals surface area contributed by atoms with Crippen LogP contribution in [0.5, 0.6) is 0 Å². The Balaban J connectivity index is 1.73. The summed E-state index contributed by atoms with van der Waals surface area (Å²) in [4.78, 5) is 27.1. The van der Waals surface area contributed by atoms with Crippen molar-refractivity contribution in [2.24, 2.45) is 0 Å². The summed E-state index contributed by atoms with van der Waals surface area (Å²) in [5, 5.41) is 8.78. The van der Waals surface area contributed by atoms with Crippen molar-refractivity contribution < 1.29 is 14.7 Å². The van der Waals surface area contributed by atoms with Gasteiger partial charge in [-0.2, -0.15) is 0 Å². The van der Waals surface area contributed by atoms with Crippen LogP contribution in [-0.2, 0) is 17.6 Å². The number of rotatable bonds is 5. The van der Waals surface area contributed by atoms with Crippen LogP contribution in [0.4, 0.5) is 0 Å². The highest BCUT2D eigenvalue weighted by Gasteiger charge is 2.34. The molecular weight excluding hydrogens is 262 g/mol. The topological polar surface area (TPSA) is 57.6 Å². The van der Waals surface area contributed by atoms with Crippen molar-refractivity contribution in [3.8, 4) is 0 Å². The van der Waals surface area contributed by atoms with Gasteiger partial charge in [0.2, 0.25) is 0 Å². The number of fused-ring (bicyclic) bond motifs is 1. The van der Waals surface area contributed by atoms with Crippen LogP contribution in [0.2, 0.25) is 0 Å². The van der Waals surface area contributed by atoms with Gasteiger partial charge in [-0.1, -0.05) is 0 Å². The van der Waals surface area contributed by atoms with Gasteiger partial charge in [0.1, 0.15) is 0 Å². The highest BCUT2D eigenvalue weighted by atomic mass is 32.1. The second-order valence-corrected chi connectivity index (χ2v) is 6.42. The van der Waals surface area contributed by atoms with Crippen molar-refractivity contribution in [2.75, 3.05) is 6.54 Å². The maximum atomic E-state index is 12.5. The first-order chi connectivity index (χ1) is 9.15. The van der Waals surface area contributed by atoms with Crippen LogP contribution in [0.3, 0.4) is 0 Å². The molecule has 1 fully saturated rings. The van der Waals surface area contributed by atoms with Gasteiger partial charge in [-0.3, -0.25) is 9.59 Å². The minimum Gasteiger partial charge on any atom is -0.481 e. The number of carboxylic acid groups (broad SMARTS) is 1. The van der Waals surface area contributed by atoms with Gasteiger partial charge in [0, 0.05) is 17.5 Å². The maximum Gasteiger partial charge on any atom is 0.305 e. The molecule has 0 unspecified atom stereocenters. The Kier molecular flexibility index (Phi) is 3.31. The molecule has 2 aliphatic rings. The SMILES string of the molecule is O=C(O)CCN(C(=O)c1cc2c(s1)CCC2)C1CC1. The molecule has 0 spiro atoms. The Morgan fingerprint density at radius 3 is 2.79 bits per heavy atom. The molecule has 0 radical (unpaired) electrons. The van der Waals surface area contributed by atoms with Gasteiger partial charge >= 0.3 is 5.97 Å². The molecule has 0 atom stereocenters. The van der Waals surface area contributed by atoms with E-state index in [1.165, 1.54) is 16.9 Å². The molecule has 102 valence electrons. The molecule has 1 amide bonds. The van der Waals surface area contributed by atoms with Gasteiger partial charge in [0.05, 0.1) is 11.3 Å². The van der Waals surface area contributed by atoms with E-state index in [0.29, 0.717) is 6.54 Å². The normalized spacial score (nSPS) is 17.3. The number of carbonyl (C=O) groups is 2. The fourth-order valence-electron chi connectivity index (χ4n) is 2.63. The first-order valence-corrected chi connectivity index (χ1v) is 7.61. The van der Waals surface area contributed by atoms with Crippen LogP contribution in [-0.4, -0.2) is 34.5 Å². The average molecular weight is 279 g/mol. The Labute approximate surface area is 116 Å². The molecule has 1 aromatic heterocycles. The summed E-state index contributed by atoms with van der Waals surface area (Å²) in [5.74, 6) is -0.810. The summed E-state index contributed by atoms with van der Waals surface area (Å²) in [6, 6.07) is 2.29. The standard InChI is InChI=1S/C14H17NO3S/c16-13(17)6-7-15(10-4-5-10)14(18)12-8-9-2-1-3-11(9)19-12/h8,10H,1-7H2,(H,16,17). The van der Waals surface area contributed by atoms with E-state index in [-0.39, 0.29) is 18.4 Å². The molecule has 0 saturated heterocycles. The van der Waals surface area contributed by atoms with Gasteiger partial charge in [0.15, 0.2) is 0 Å². The van der Waals surface area contributed by atoms with E-state index >= 15 is 0 Å². The molecule has 2 aliphatic carbocycles. The average Bonchev–Trinajstić information content (AvgIpc) is 2.96. The minimum absolute atomic E-state index is 0.0307. The van der Waals surface area contributed by atoms with E-state index in [1.54, 1.807) is 16.2 Å². The van der Waals surface area contributed by atoms with Gasteiger partial charge < -0.3 is 10.0 Å². The first-order valence-electron chi connectivity index (χ1n) is 6.79. The molecule has 5 heteroatoms. The van der Waals surface area contributed by atoms with Crippen molar-refractivity contribution in [1.82, 2.24) is 4.90 Å². The predicted molar refractivity (Wildman–Crippen MR) is 72.7 cm³/mol. The first kappa shape index (κ1) is 12.7. The third-order valence-electron chi connectivity index (χ3n) is 3.77. The molecule has 1 heterocycles. The number of hydrogen-bond donors (Lipinski definition) is 1. The third kappa shape index (κ3) is 2.66. The Hall–Kier alpha value is -1.36. The number of nitrogens with zero attached hydrogens (tertiary/aromatic N) is 1. The van der Waals surface area contributed by atoms with Crippen molar-refractivity contribution in [3.05, 3.63) is 21.4 Å². The van der Waals surface area contributed by atoms with Crippen LogP contribution in [0.1, 0.15) is 45.8 Å². The molecule has 19 heavy (non-hydrogen) atoms. The number of carboxylic acids is 1. The van der Waals surface area contributed by atoms with E-state index in [1.807, 2.05) is 6.07 Å². The van der Waals surface area contributed by atoms with Crippen LogP contribution in [0.15, 0.2) is 6.07 Å². The third-order valence-corrected chi connectivity index (χ3v) is 5.00. The highest BCUT2D eigenvalue weighted by Crippen LogP contribution is 2.34. The zero-order valence-corrected chi connectivity index (χ0v) is 11.5. The maximum absolute atomic E-state index is 12.5. The number of thiophene rings is 1.